The van der Waals surface area contributed by atoms with E-state index in [4.69, 9.17) is 5.11 Å². The molecular weight excluding hydrogens is 258 g/mol. The average molecular weight is 270 g/mol. The Morgan fingerprint density at radius 3 is 2.85 bits per heavy atom. The lowest BCUT2D eigenvalue weighted by Crippen LogP contribution is -2.33. The van der Waals surface area contributed by atoms with Gasteiger partial charge in [-0.05, 0) is 0 Å². The van der Waals surface area contributed by atoms with E-state index < -0.39 is 5.97 Å². The fourth-order valence-corrected chi connectivity index (χ4v) is 1.97. The number of nitrogens with zero attached hydrogens (tertiary/aromatic N) is 5. The second-order valence-corrected chi connectivity index (χ2v) is 4.32. The van der Waals surface area contributed by atoms with Crippen LogP contribution in [-0.4, -0.2) is 30.7 Å². The van der Waals surface area contributed by atoms with Crippen LogP contribution in [0.15, 0.2) is 43.2 Å². The SMILES string of the molecule is O=C(O)CC[n+]1ccc(-c2cncc3nncn23)cc1. The molecule has 3 rings (SSSR count). The molecule has 3 aromatic heterocycles. The molecule has 0 aliphatic heterocycles. The Morgan fingerprint density at radius 1 is 1.30 bits per heavy atom. The molecule has 0 aliphatic carbocycles. The predicted molar refractivity (Wildman–Crippen MR) is 68.7 cm³/mol. The highest BCUT2D eigenvalue weighted by Crippen LogP contribution is 2.17. The van der Waals surface area contributed by atoms with Crippen molar-refractivity contribution in [2.45, 2.75) is 13.0 Å². The van der Waals surface area contributed by atoms with E-state index in [9.17, 15) is 4.79 Å². The van der Waals surface area contributed by atoms with Crippen LogP contribution in [0.5, 0.6) is 0 Å². The molecule has 3 heterocycles. The molecule has 0 saturated carbocycles. The van der Waals surface area contributed by atoms with Crippen LogP contribution in [0.1, 0.15) is 6.42 Å². The first-order chi connectivity index (χ1) is 9.74. The van der Waals surface area contributed by atoms with Crippen molar-refractivity contribution in [3.63, 3.8) is 0 Å². The number of hydrogen-bond acceptors (Lipinski definition) is 4. The molecule has 0 atom stereocenters. The lowest BCUT2D eigenvalue weighted by molar-refractivity contribution is -0.695. The van der Waals surface area contributed by atoms with Crippen LogP contribution in [0.3, 0.4) is 0 Å². The van der Waals surface area contributed by atoms with Crippen LogP contribution in [0.25, 0.3) is 16.9 Å². The van der Waals surface area contributed by atoms with Gasteiger partial charge in [-0.3, -0.25) is 14.2 Å². The molecule has 0 radical (unpaired) electrons. The molecule has 0 saturated heterocycles. The Kier molecular flexibility index (Phi) is 3.08. The van der Waals surface area contributed by atoms with Gasteiger partial charge in [0.2, 0.25) is 0 Å². The number of aryl methyl sites for hydroxylation is 1. The van der Waals surface area contributed by atoms with E-state index in [1.54, 1.807) is 18.7 Å². The number of hydrogen-bond donors (Lipinski definition) is 1. The Morgan fingerprint density at radius 2 is 2.10 bits per heavy atom. The number of aromatic nitrogens is 5. The molecule has 100 valence electrons. The highest BCUT2D eigenvalue weighted by molar-refractivity contribution is 5.66. The van der Waals surface area contributed by atoms with Gasteiger partial charge in [0.05, 0.1) is 18.1 Å². The molecule has 20 heavy (non-hydrogen) atoms. The molecule has 3 aromatic rings. The van der Waals surface area contributed by atoms with Gasteiger partial charge in [0.15, 0.2) is 24.6 Å². The Hall–Kier alpha value is -2.83. The number of rotatable bonds is 4. The van der Waals surface area contributed by atoms with Crippen molar-refractivity contribution in [1.29, 1.82) is 0 Å². The van der Waals surface area contributed by atoms with E-state index >= 15 is 0 Å². The lowest BCUT2D eigenvalue weighted by atomic mass is 10.2. The first kappa shape index (κ1) is 12.2. The summed E-state index contributed by atoms with van der Waals surface area (Å²) in [6.45, 7) is 0.449. The summed E-state index contributed by atoms with van der Waals surface area (Å²) in [5.41, 5.74) is 2.54. The molecule has 0 fully saturated rings. The summed E-state index contributed by atoms with van der Waals surface area (Å²) in [6, 6.07) is 3.83. The fraction of sp³-hybridized carbons (Fsp3) is 0.154. The number of aliphatic carboxylic acids is 1. The number of carboxylic acids is 1. The largest absolute Gasteiger partial charge is 0.481 e. The summed E-state index contributed by atoms with van der Waals surface area (Å²) in [4.78, 5) is 14.7. The lowest BCUT2D eigenvalue weighted by Gasteiger charge is -2.03. The van der Waals surface area contributed by atoms with Crippen molar-refractivity contribution in [2.75, 3.05) is 0 Å². The molecule has 0 aromatic carbocycles. The van der Waals surface area contributed by atoms with Crippen LogP contribution >= 0.6 is 0 Å². The van der Waals surface area contributed by atoms with Crippen molar-refractivity contribution in [2.24, 2.45) is 0 Å². The van der Waals surface area contributed by atoms with Crippen molar-refractivity contribution in [1.82, 2.24) is 19.6 Å². The van der Waals surface area contributed by atoms with Gasteiger partial charge in [-0.2, -0.15) is 0 Å². The van der Waals surface area contributed by atoms with Crippen molar-refractivity contribution in [3.05, 3.63) is 43.2 Å². The summed E-state index contributed by atoms with van der Waals surface area (Å²) in [5.74, 6) is -0.806. The number of carboxylic acid groups (broad SMARTS) is 1. The topological polar surface area (TPSA) is 84.3 Å². The maximum absolute atomic E-state index is 10.5. The summed E-state index contributed by atoms with van der Waals surface area (Å²) in [6.07, 6.45) is 8.83. The highest BCUT2D eigenvalue weighted by Gasteiger charge is 2.08. The van der Waals surface area contributed by atoms with Gasteiger partial charge in [-0.25, -0.2) is 4.57 Å². The quantitative estimate of drug-likeness (QED) is 0.700. The zero-order chi connectivity index (χ0) is 13.9. The van der Waals surface area contributed by atoms with Crippen molar-refractivity contribution >= 4 is 11.6 Å². The van der Waals surface area contributed by atoms with Crippen LogP contribution < -0.4 is 4.57 Å². The van der Waals surface area contributed by atoms with E-state index in [1.807, 2.05) is 33.5 Å². The normalized spacial score (nSPS) is 10.8. The van der Waals surface area contributed by atoms with E-state index in [0.717, 1.165) is 11.3 Å². The van der Waals surface area contributed by atoms with Gasteiger partial charge in [-0.15, -0.1) is 10.2 Å². The van der Waals surface area contributed by atoms with Gasteiger partial charge < -0.3 is 5.11 Å². The number of carbonyl (C=O) groups is 1. The molecule has 7 heteroatoms. The summed E-state index contributed by atoms with van der Waals surface area (Å²) < 4.78 is 3.68. The van der Waals surface area contributed by atoms with E-state index in [0.29, 0.717) is 12.2 Å². The van der Waals surface area contributed by atoms with Gasteiger partial charge >= 0.3 is 5.97 Å². The summed E-state index contributed by atoms with van der Waals surface area (Å²) in [7, 11) is 0. The van der Waals surface area contributed by atoms with Crippen molar-refractivity contribution in [3.8, 4) is 11.3 Å². The molecule has 0 bridgehead atoms. The van der Waals surface area contributed by atoms with Crippen molar-refractivity contribution < 1.29 is 14.5 Å². The van der Waals surface area contributed by atoms with Gasteiger partial charge in [0.1, 0.15) is 12.7 Å². The summed E-state index contributed by atoms with van der Waals surface area (Å²) in [5, 5.41) is 16.5. The monoisotopic (exact) mass is 270 g/mol. The van der Waals surface area contributed by atoms with Gasteiger partial charge in [0, 0.05) is 17.7 Å². The smallest absolute Gasteiger partial charge is 0.309 e. The minimum Gasteiger partial charge on any atom is -0.481 e. The Labute approximate surface area is 114 Å². The Balaban J connectivity index is 1.91. The fourth-order valence-electron chi connectivity index (χ4n) is 1.97. The third-order valence-corrected chi connectivity index (χ3v) is 2.99. The van der Waals surface area contributed by atoms with E-state index in [-0.39, 0.29) is 6.42 Å². The van der Waals surface area contributed by atoms with E-state index in [1.165, 1.54) is 0 Å². The zero-order valence-electron chi connectivity index (χ0n) is 10.5. The third-order valence-electron chi connectivity index (χ3n) is 2.99. The second-order valence-electron chi connectivity index (χ2n) is 4.32. The number of pyridine rings is 1. The first-order valence-electron chi connectivity index (χ1n) is 6.09. The van der Waals surface area contributed by atoms with Gasteiger partial charge in [-0.1, -0.05) is 0 Å². The van der Waals surface area contributed by atoms with Gasteiger partial charge in [0.25, 0.3) is 0 Å². The van der Waals surface area contributed by atoms with Crippen LogP contribution in [-0.2, 0) is 11.3 Å². The average Bonchev–Trinajstić information content (AvgIpc) is 2.94. The minimum atomic E-state index is -0.806. The first-order valence-corrected chi connectivity index (χ1v) is 6.09. The Bertz CT molecular complexity index is 751. The maximum Gasteiger partial charge on any atom is 0.309 e. The maximum atomic E-state index is 10.5. The number of fused-ring (bicyclic) bond motifs is 1. The molecule has 0 unspecified atom stereocenters. The molecule has 7 nitrogen and oxygen atoms in total. The molecule has 0 aliphatic rings. The second kappa shape index (κ2) is 5.04. The van der Waals surface area contributed by atoms with E-state index in [2.05, 4.69) is 15.2 Å². The molecule has 0 amide bonds. The third kappa shape index (κ3) is 2.33. The molecule has 0 spiro atoms. The standard InChI is InChI=1S/C13H11N5O2/c19-13(20)3-6-17-4-1-10(2-5-17)11-7-14-8-12-16-15-9-18(11)12/h1-2,4-5,7-9H,3,6H2/p+1. The molecular formula is C13H12N5O2+. The highest BCUT2D eigenvalue weighted by atomic mass is 16.4. The van der Waals surface area contributed by atoms with Crippen LogP contribution in [0.4, 0.5) is 0 Å². The minimum absolute atomic E-state index is 0.104. The molecule has 1 N–H and O–H groups in total. The zero-order valence-corrected chi connectivity index (χ0v) is 10.5. The summed E-state index contributed by atoms with van der Waals surface area (Å²) >= 11 is 0. The predicted octanol–water partition coefficient (Wildman–Crippen LogP) is 0.553. The van der Waals surface area contributed by atoms with Crippen LogP contribution in [0.2, 0.25) is 0 Å². The van der Waals surface area contributed by atoms with Crippen LogP contribution in [0, 0.1) is 0 Å².